The van der Waals surface area contributed by atoms with Gasteiger partial charge in [-0.3, -0.25) is 9.69 Å². The van der Waals surface area contributed by atoms with E-state index in [1.165, 1.54) is 12.8 Å². The van der Waals surface area contributed by atoms with Crippen LogP contribution in [0.4, 0.5) is 0 Å². The summed E-state index contributed by atoms with van der Waals surface area (Å²) in [6.07, 6.45) is 2.37. The molecule has 0 aromatic heterocycles. The Kier molecular flexibility index (Phi) is 5.05. The maximum absolute atomic E-state index is 11.9. The lowest BCUT2D eigenvalue weighted by atomic mass is 10.1. The van der Waals surface area contributed by atoms with Gasteiger partial charge in [-0.25, -0.2) is 0 Å². The van der Waals surface area contributed by atoms with Crippen LogP contribution < -0.4 is 5.32 Å². The number of unbranched alkanes of at least 4 members (excludes halogenated alkanes) is 1. The van der Waals surface area contributed by atoms with E-state index in [0.717, 1.165) is 26.2 Å². The zero-order valence-corrected chi connectivity index (χ0v) is 10.1. The summed E-state index contributed by atoms with van der Waals surface area (Å²) in [5.41, 5.74) is 0. The first-order valence-electron chi connectivity index (χ1n) is 5.82. The molecule has 1 atom stereocenters. The monoisotopic (exact) mass is 213 g/mol. The third-order valence-corrected chi connectivity index (χ3v) is 2.88. The second-order valence-electron chi connectivity index (χ2n) is 4.34. The van der Waals surface area contributed by atoms with Gasteiger partial charge in [-0.15, -0.1) is 0 Å². The summed E-state index contributed by atoms with van der Waals surface area (Å²) in [5, 5.41) is 3.29. The Morgan fingerprint density at radius 3 is 2.87 bits per heavy atom. The van der Waals surface area contributed by atoms with Gasteiger partial charge in [0.05, 0.1) is 0 Å². The summed E-state index contributed by atoms with van der Waals surface area (Å²) < 4.78 is 0. The summed E-state index contributed by atoms with van der Waals surface area (Å²) in [7, 11) is 3.66. The molecule has 1 N–H and O–H groups in total. The van der Waals surface area contributed by atoms with Crippen LogP contribution in [0.25, 0.3) is 0 Å². The van der Waals surface area contributed by atoms with Crippen LogP contribution >= 0.6 is 0 Å². The summed E-state index contributed by atoms with van der Waals surface area (Å²) in [6.45, 7) is 6.01. The van der Waals surface area contributed by atoms with Crippen LogP contribution in [0.15, 0.2) is 0 Å². The Labute approximate surface area is 92.6 Å². The Bertz CT molecular complexity index is 206. The van der Waals surface area contributed by atoms with E-state index in [9.17, 15) is 4.79 Å². The highest BCUT2D eigenvalue weighted by Crippen LogP contribution is 2.07. The Morgan fingerprint density at radius 1 is 1.53 bits per heavy atom. The summed E-state index contributed by atoms with van der Waals surface area (Å²) in [4.78, 5) is 15.9. The van der Waals surface area contributed by atoms with Gasteiger partial charge in [-0.1, -0.05) is 13.3 Å². The predicted molar refractivity (Wildman–Crippen MR) is 61.8 cm³/mol. The molecule has 0 aliphatic carbocycles. The normalized spacial score (nSPS) is 22.7. The lowest BCUT2D eigenvalue weighted by Gasteiger charge is -2.36. The number of amides is 1. The highest BCUT2D eigenvalue weighted by Gasteiger charge is 2.28. The number of likely N-dealkylation sites (N-methyl/N-ethyl adjacent to an activating group) is 1. The van der Waals surface area contributed by atoms with E-state index in [2.05, 4.69) is 17.1 Å². The molecule has 1 amide bonds. The van der Waals surface area contributed by atoms with E-state index in [1.54, 1.807) is 4.90 Å². The van der Waals surface area contributed by atoms with Crippen molar-refractivity contribution in [3.05, 3.63) is 0 Å². The third-order valence-electron chi connectivity index (χ3n) is 2.88. The van der Waals surface area contributed by atoms with Crippen molar-refractivity contribution in [1.82, 2.24) is 15.1 Å². The Hall–Kier alpha value is -0.610. The summed E-state index contributed by atoms with van der Waals surface area (Å²) >= 11 is 0. The first-order valence-corrected chi connectivity index (χ1v) is 5.82. The van der Waals surface area contributed by atoms with Gasteiger partial charge >= 0.3 is 0 Å². The van der Waals surface area contributed by atoms with Gasteiger partial charge in [0, 0.05) is 33.7 Å². The number of nitrogens with zero attached hydrogens (tertiary/aromatic N) is 2. The van der Waals surface area contributed by atoms with Crippen molar-refractivity contribution in [2.45, 2.75) is 25.8 Å². The largest absolute Gasteiger partial charge is 0.347 e. The summed E-state index contributed by atoms with van der Waals surface area (Å²) in [5.74, 6) is 0.221. The average Bonchev–Trinajstić information content (AvgIpc) is 2.25. The van der Waals surface area contributed by atoms with Gasteiger partial charge in [0.25, 0.3) is 0 Å². The van der Waals surface area contributed by atoms with Crippen LogP contribution in [0.3, 0.4) is 0 Å². The molecule has 1 rings (SSSR count). The Balaban J connectivity index is 2.53. The smallest absolute Gasteiger partial charge is 0.240 e. The molecule has 1 aliphatic rings. The first kappa shape index (κ1) is 12.5. The van der Waals surface area contributed by atoms with Crippen LogP contribution in [-0.4, -0.2) is 62.0 Å². The fraction of sp³-hybridized carbons (Fsp3) is 0.909. The molecule has 4 heteroatoms. The third kappa shape index (κ3) is 3.47. The van der Waals surface area contributed by atoms with Crippen LogP contribution in [0.1, 0.15) is 19.8 Å². The van der Waals surface area contributed by atoms with Crippen molar-refractivity contribution < 1.29 is 4.79 Å². The number of hydrogen-bond donors (Lipinski definition) is 1. The standard InChI is InChI=1S/C11H23N3O/c1-4-5-7-14-8-6-12-9-10(14)11(15)13(2)3/h10,12H,4-9H2,1-3H3. The first-order chi connectivity index (χ1) is 7.16. The van der Waals surface area contributed by atoms with Crippen molar-refractivity contribution in [1.29, 1.82) is 0 Å². The maximum atomic E-state index is 11.9. The number of carbonyl (C=O) groups excluding carboxylic acids is 1. The molecular formula is C11H23N3O. The van der Waals surface area contributed by atoms with Gasteiger partial charge in [0.15, 0.2) is 0 Å². The van der Waals surface area contributed by atoms with Crippen LogP contribution in [0.2, 0.25) is 0 Å². The Morgan fingerprint density at radius 2 is 2.27 bits per heavy atom. The van der Waals surface area contributed by atoms with E-state index >= 15 is 0 Å². The SMILES string of the molecule is CCCCN1CCNCC1C(=O)N(C)C. The molecule has 1 aliphatic heterocycles. The highest BCUT2D eigenvalue weighted by molar-refractivity contribution is 5.81. The molecule has 4 nitrogen and oxygen atoms in total. The van der Waals surface area contributed by atoms with Gasteiger partial charge in [-0.2, -0.15) is 0 Å². The van der Waals surface area contributed by atoms with E-state index < -0.39 is 0 Å². The molecule has 0 saturated carbocycles. The van der Waals surface area contributed by atoms with Gasteiger partial charge in [0.2, 0.25) is 5.91 Å². The maximum Gasteiger partial charge on any atom is 0.240 e. The van der Waals surface area contributed by atoms with E-state index in [-0.39, 0.29) is 11.9 Å². The minimum Gasteiger partial charge on any atom is -0.347 e. The van der Waals surface area contributed by atoms with E-state index in [0.29, 0.717) is 0 Å². The quantitative estimate of drug-likeness (QED) is 0.722. The minimum absolute atomic E-state index is 0.0419. The van der Waals surface area contributed by atoms with Crippen molar-refractivity contribution >= 4 is 5.91 Å². The van der Waals surface area contributed by atoms with Gasteiger partial charge in [0.1, 0.15) is 6.04 Å². The highest BCUT2D eigenvalue weighted by atomic mass is 16.2. The lowest BCUT2D eigenvalue weighted by Crippen LogP contribution is -2.57. The molecular weight excluding hydrogens is 190 g/mol. The second-order valence-corrected chi connectivity index (χ2v) is 4.34. The molecule has 1 fully saturated rings. The molecule has 88 valence electrons. The minimum atomic E-state index is 0.0419. The topological polar surface area (TPSA) is 35.6 Å². The fourth-order valence-electron chi connectivity index (χ4n) is 1.92. The van der Waals surface area contributed by atoms with Crippen molar-refractivity contribution in [3.63, 3.8) is 0 Å². The molecule has 0 aromatic carbocycles. The molecule has 0 spiro atoms. The van der Waals surface area contributed by atoms with E-state index in [1.807, 2.05) is 14.1 Å². The molecule has 0 radical (unpaired) electrons. The molecule has 0 bridgehead atoms. The van der Waals surface area contributed by atoms with Gasteiger partial charge in [-0.05, 0) is 13.0 Å². The van der Waals surface area contributed by atoms with Crippen LogP contribution in [0.5, 0.6) is 0 Å². The molecule has 1 unspecified atom stereocenters. The molecule has 1 heterocycles. The lowest BCUT2D eigenvalue weighted by molar-refractivity contribution is -0.135. The van der Waals surface area contributed by atoms with Crippen LogP contribution in [0, 0.1) is 0 Å². The molecule has 15 heavy (non-hydrogen) atoms. The number of nitrogens with one attached hydrogen (secondary N) is 1. The fourth-order valence-corrected chi connectivity index (χ4v) is 1.92. The molecule has 1 saturated heterocycles. The predicted octanol–water partition coefficient (Wildman–Crippen LogP) is 0.149. The zero-order valence-electron chi connectivity index (χ0n) is 10.1. The zero-order chi connectivity index (χ0) is 11.3. The average molecular weight is 213 g/mol. The van der Waals surface area contributed by atoms with Crippen molar-refractivity contribution in [3.8, 4) is 0 Å². The molecule has 0 aromatic rings. The van der Waals surface area contributed by atoms with E-state index in [4.69, 9.17) is 0 Å². The van der Waals surface area contributed by atoms with Crippen LogP contribution in [-0.2, 0) is 4.79 Å². The number of rotatable bonds is 4. The number of piperazine rings is 1. The number of carbonyl (C=O) groups is 1. The van der Waals surface area contributed by atoms with Crippen molar-refractivity contribution in [2.75, 3.05) is 40.3 Å². The second kappa shape index (κ2) is 6.08. The summed E-state index contributed by atoms with van der Waals surface area (Å²) in [6, 6.07) is 0.0419. The number of hydrogen-bond acceptors (Lipinski definition) is 3. The van der Waals surface area contributed by atoms with Gasteiger partial charge < -0.3 is 10.2 Å². The van der Waals surface area contributed by atoms with Crippen molar-refractivity contribution in [2.24, 2.45) is 0 Å².